The van der Waals surface area contributed by atoms with Gasteiger partial charge in [0.25, 0.3) is 0 Å². The molecule has 1 atom stereocenters. The SMILES string of the molecule is C=C(N)c1cc(C(CCC)CCCC)ccc1C. The Morgan fingerprint density at radius 3 is 2.50 bits per heavy atom. The van der Waals surface area contributed by atoms with Crippen molar-refractivity contribution in [3.8, 4) is 0 Å². The number of rotatable bonds is 7. The number of unbranched alkanes of at least 4 members (excludes halogenated alkanes) is 1. The summed E-state index contributed by atoms with van der Waals surface area (Å²) in [6.45, 7) is 10.5. The molecule has 0 bridgehead atoms. The molecule has 0 aromatic heterocycles. The molecular formula is C17H27N. The zero-order valence-corrected chi connectivity index (χ0v) is 12.1. The van der Waals surface area contributed by atoms with Gasteiger partial charge in [-0.15, -0.1) is 0 Å². The van der Waals surface area contributed by atoms with E-state index in [4.69, 9.17) is 5.73 Å². The smallest absolute Gasteiger partial charge is 0.0317 e. The Morgan fingerprint density at radius 1 is 1.22 bits per heavy atom. The number of hydrogen-bond donors (Lipinski definition) is 1. The maximum atomic E-state index is 5.86. The lowest BCUT2D eigenvalue weighted by Gasteiger charge is -2.18. The second-order valence-corrected chi connectivity index (χ2v) is 5.23. The largest absolute Gasteiger partial charge is 0.399 e. The molecule has 1 nitrogen and oxygen atoms in total. The van der Waals surface area contributed by atoms with Gasteiger partial charge in [0.05, 0.1) is 0 Å². The third-order valence-corrected chi connectivity index (χ3v) is 3.62. The van der Waals surface area contributed by atoms with Crippen LogP contribution < -0.4 is 5.73 Å². The van der Waals surface area contributed by atoms with Crippen molar-refractivity contribution >= 4 is 5.70 Å². The van der Waals surface area contributed by atoms with Gasteiger partial charge in [-0.1, -0.05) is 51.8 Å². The molecule has 1 aromatic carbocycles. The first kappa shape index (κ1) is 14.8. The fourth-order valence-electron chi connectivity index (χ4n) is 2.52. The quantitative estimate of drug-likeness (QED) is 0.719. The summed E-state index contributed by atoms with van der Waals surface area (Å²) in [6.07, 6.45) is 6.35. The Bertz CT molecular complexity index is 393. The van der Waals surface area contributed by atoms with Crippen LogP contribution in [0.5, 0.6) is 0 Å². The van der Waals surface area contributed by atoms with E-state index in [1.807, 2.05) is 0 Å². The maximum absolute atomic E-state index is 5.86. The summed E-state index contributed by atoms with van der Waals surface area (Å²) in [5.41, 5.74) is 10.3. The van der Waals surface area contributed by atoms with Crippen molar-refractivity contribution in [2.45, 2.75) is 58.8 Å². The van der Waals surface area contributed by atoms with Crippen LogP contribution in [0.4, 0.5) is 0 Å². The standard InChI is InChI=1S/C17H27N/c1-5-7-9-15(8-6-2)16-11-10-13(3)17(12-16)14(4)18/h10-12,15H,4-9,18H2,1-3H3. The van der Waals surface area contributed by atoms with Crippen LogP contribution in [0.3, 0.4) is 0 Å². The second kappa shape index (κ2) is 7.25. The van der Waals surface area contributed by atoms with E-state index in [0.717, 1.165) is 5.56 Å². The van der Waals surface area contributed by atoms with Crippen LogP contribution in [0, 0.1) is 6.92 Å². The van der Waals surface area contributed by atoms with Gasteiger partial charge in [0, 0.05) is 5.70 Å². The van der Waals surface area contributed by atoms with Crippen molar-refractivity contribution in [3.05, 3.63) is 41.5 Å². The Kier molecular flexibility index (Phi) is 5.97. The third kappa shape index (κ3) is 3.90. The third-order valence-electron chi connectivity index (χ3n) is 3.62. The molecule has 0 spiro atoms. The van der Waals surface area contributed by atoms with Crippen molar-refractivity contribution in [2.75, 3.05) is 0 Å². The van der Waals surface area contributed by atoms with E-state index in [0.29, 0.717) is 11.6 Å². The first-order chi connectivity index (χ1) is 8.60. The van der Waals surface area contributed by atoms with Crippen molar-refractivity contribution in [1.82, 2.24) is 0 Å². The van der Waals surface area contributed by atoms with Crippen LogP contribution in [-0.2, 0) is 0 Å². The van der Waals surface area contributed by atoms with E-state index >= 15 is 0 Å². The lowest BCUT2D eigenvalue weighted by molar-refractivity contribution is 0.541. The zero-order valence-electron chi connectivity index (χ0n) is 12.1. The summed E-state index contributed by atoms with van der Waals surface area (Å²) in [6, 6.07) is 6.68. The predicted molar refractivity (Wildman–Crippen MR) is 81.6 cm³/mol. The van der Waals surface area contributed by atoms with Gasteiger partial charge in [0.15, 0.2) is 0 Å². The Morgan fingerprint density at radius 2 is 1.94 bits per heavy atom. The summed E-state index contributed by atoms with van der Waals surface area (Å²) in [4.78, 5) is 0. The molecule has 1 aromatic rings. The van der Waals surface area contributed by atoms with E-state index in [2.05, 4.69) is 45.5 Å². The van der Waals surface area contributed by atoms with Gasteiger partial charge in [-0.2, -0.15) is 0 Å². The molecular weight excluding hydrogens is 218 g/mol. The van der Waals surface area contributed by atoms with Gasteiger partial charge in [0.2, 0.25) is 0 Å². The minimum absolute atomic E-state index is 0.675. The number of benzene rings is 1. The van der Waals surface area contributed by atoms with Crippen LogP contribution >= 0.6 is 0 Å². The zero-order chi connectivity index (χ0) is 13.5. The van der Waals surface area contributed by atoms with Crippen LogP contribution in [0.25, 0.3) is 5.70 Å². The number of aryl methyl sites for hydroxylation is 1. The monoisotopic (exact) mass is 245 g/mol. The fourth-order valence-corrected chi connectivity index (χ4v) is 2.52. The van der Waals surface area contributed by atoms with Gasteiger partial charge < -0.3 is 5.73 Å². The molecule has 100 valence electrons. The highest BCUT2D eigenvalue weighted by Crippen LogP contribution is 2.29. The lowest BCUT2D eigenvalue weighted by atomic mass is 9.87. The normalized spacial score (nSPS) is 12.4. The molecule has 0 saturated carbocycles. The van der Waals surface area contributed by atoms with Crippen LogP contribution in [0.2, 0.25) is 0 Å². The first-order valence-corrected chi connectivity index (χ1v) is 7.15. The summed E-state index contributed by atoms with van der Waals surface area (Å²) < 4.78 is 0. The van der Waals surface area contributed by atoms with Crippen LogP contribution in [-0.4, -0.2) is 0 Å². The summed E-state index contributed by atoms with van der Waals surface area (Å²) in [5.74, 6) is 0.675. The minimum atomic E-state index is 0.675. The molecule has 1 rings (SSSR count). The summed E-state index contributed by atoms with van der Waals surface area (Å²) in [5, 5.41) is 0. The molecule has 0 aliphatic carbocycles. The Hall–Kier alpha value is -1.24. The number of hydrogen-bond acceptors (Lipinski definition) is 1. The summed E-state index contributed by atoms with van der Waals surface area (Å²) >= 11 is 0. The molecule has 0 amide bonds. The molecule has 1 heteroatoms. The lowest BCUT2D eigenvalue weighted by Crippen LogP contribution is -2.03. The molecule has 0 fully saturated rings. The van der Waals surface area contributed by atoms with E-state index in [1.165, 1.54) is 43.2 Å². The average Bonchev–Trinajstić information content (AvgIpc) is 2.35. The van der Waals surface area contributed by atoms with Gasteiger partial charge in [-0.05, 0) is 48.4 Å². The van der Waals surface area contributed by atoms with Crippen molar-refractivity contribution in [1.29, 1.82) is 0 Å². The van der Waals surface area contributed by atoms with Gasteiger partial charge in [-0.3, -0.25) is 0 Å². The minimum Gasteiger partial charge on any atom is -0.399 e. The molecule has 2 N–H and O–H groups in total. The van der Waals surface area contributed by atoms with Crippen molar-refractivity contribution < 1.29 is 0 Å². The molecule has 0 radical (unpaired) electrons. The Balaban J connectivity index is 2.97. The van der Waals surface area contributed by atoms with Crippen molar-refractivity contribution in [2.24, 2.45) is 5.73 Å². The molecule has 0 aliphatic rings. The molecule has 0 heterocycles. The van der Waals surface area contributed by atoms with Crippen LogP contribution in [0.15, 0.2) is 24.8 Å². The number of nitrogens with two attached hydrogens (primary N) is 1. The van der Waals surface area contributed by atoms with E-state index in [1.54, 1.807) is 0 Å². The summed E-state index contributed by atoms with van der Waals surface area (Å²) in [7, 11) is 0. The molecule has 0 aliphatic heterocycles. The van der Waals surface area contributed by atoms with Gasteiger partial charge in [0.1, 0.15) is 0 Å². The average molecular weight is 245 g/mol. The van der Waals surface area contributed by atoms with E-state index in [-0.39, 0.29) is 0 Å². The van der Waals surface area contributed by atoms with Crippen LogP contribution in [0.1, 0.15) is 68.6 Å². The first-order valence-electron chi connectivity index (χ1n) is 7.15. The van der Waals surface area contributed by atoms with E-state index in [9.17, 15) is 0 Å². The molecule has 18 heavy (non-hydrogen) atoms. The van der Waals surface area contributed by atoms with Gasteiger partial charge in [-0.25, -0.2) is 0 Å². The van der Waals surface area contributed by atoms with E-state index < -0.39 is 0 Å². The van der Waals surface area contributed by atoms with Gasteiger partial charge >= 0.3 is 0 Å². The highest BCUT2D eigenvalue weighted by molar-refractivity contribution is 5.64. The fraction of sp³-hybridized carbons (Fsp3) is 0.529. The maximum Gasteiger partial charge on any atom is 0.0317 e. The predicted octanol–water partition coefficient (Wildman–Crippen LogP) is 5.00. The molecule has 1 unspecified atom stereocenters. The molecule has 0 saturated heterocycles. The highest BCUT2D eigenvalue weighted by atomic mass is 14.6. The highest BCUT2D eigenvalue weighted by Gasteiger charge is 2.12. The second-order valence-electron chi connectivity index (χ2n) is 5.23. The van der Waals surface area contributed by atoms with Crippen molar-refractivity contribution in [3.63, 3.8) is 0 Å². The topological polar surface area (TPSA) is 26.0 Å². The Labute approximate surface area is 112 Å².